The topological polar surface area (TPSA) is 0 Å². The second-order valence-corrected chi connectivity index (χ2v) is 8.75. The molecular weight excluding hydrogens is 276 g/mol. The Kier molecular flexibility index (Phi) is 5.34. The van der Waals surface area contributed by atoms with Crippen molar-refractivity contribution in [3.63, 3.8) is 0 Å². The van der Waals surface area contributed by atoms with Crippen LogP contribution in [0.15, 0.2) is 48.5 Å². The summed E-state index contributed by atoms with van der Waals surface area (Å²) >= 11 is 0. The molecule has 0 aliphatic heterocycles. The fourth-order valence-corrected chi connectivity index (χ4v) is 2.86. The second kappa shape index (κ2) is 6.91. The monoisotopic (exact) mass is 308 g/mol. The maximum absolute atomic E-state index is 2.38. The molecule has 0 fully saturated rings. The van der Waals surface area contributed by atoms with Gasteiger partial charge in [-0.1, -0.05) is 90.1 Å². The van der Waals surface area contributed by atoms with E-state index in [2.05, 4.69) is 90.1 Å². The highest BCUT2D eigenvalue weighted by Crippen LogP contribution is 2.24. The number of rotatable bonds is 4. The van der Waals surface area contributed by atoms with Gasteiger partial charge in [-0.2, -0.15) is 0 Å². The molecule has 0 unspecified atom stereocenters. The van der Waals surface area contributed by atoms with Crippen LogP contribution in [0, 0.1) is 0 Å². The summed E-state index contributed by atoms with van der Waals surface area (Å²) in [5.74, 6) is 0. The van der Waals surface area contributed by atoms with Gasteiger partial charge in [-0.3, -0.25) is 0 Å². The van der Waals surface area contributed by atoms with Crippen LogP contribution in [0.25, 0.3) is 0 Å². The summed E-state index contributed by atoms with van der Waals surface area (Å²) in [5, 5.41) is 0. The lowest BCUT2D eigenvalue weighted by Crippen LogP contribution is -2.11. The highest BCUT2D eigenvalue weighted by molar-refractivity contribution is 5.30. The van der Waals surface area contributed by atoms with Crippen molar-refractivity contribution in [3.05, 3.63) is 70.8 Å². The maximum atomic E-state index is 2.38. The van der Waals surface area contributed by atoms with Crippen molar-refractivity contribution in [2.45, 2.75) is 71.6 Å². The highest BCUT2D eigenvalue weighted by atomic mass is 14.2. The molecule has 0 bridgehead atoms. The summed E-state index contributed by atoms with van der Waals surface area (Å²) < 4.78 is 0. The molecule has 0 saturated carbocycles. The number of hydrogen-bond acceptors (Lipinski definition) is 0. The predicted octanol–water partition coefficient (Wildman–Crippen LogP) is 6.46. The largest absolute Gasteiger partial charge is 0.0617 e. The zero-order valence-electron chi connectivity index (χ0n) is 15.7. The summed E-state index contributed by atoms with van der Waals surface area (Å²) in [4.78, 5) is 0. The van der Waals surface area contributed by atoms with Crippen molar-refractivity contribution in [2.75, 3.05) is 0 Å². The molecule has 0 spiro atoms. The average Bonchev–Trinajstić information content (AvgIpc) is 2.46. The molecule has 2 rings (SSSR count). The van der Waals surface area contributed by atoms with E-state index in [0.29, 0.717) is 0 Å². The lowest BCUT2D eigenvalue weighted by molar-refractivity contribution is 0.588. The SMILES string of the molecule is CC(C)(C)c1ccc(CCCc2cccc(C(C)(C)C)c2)cc1. The summed E-state index contributed by atoms with van der Waals surface area (Å²) in [6.45, 7) is 13.6. The summed E-state index contributed by atoms with van der Waals surface area (Å²) in [6, 6.07) is 18.3. The Bertz CT molecular complexity index is 618. The zero-order valence-corrected chi connectivity index (χ0v) is 15.7. The van der Waals surface area contributed by atoms with Crippen molar-refractivity contribution < 1.29 is 0 Å². The summed E-state index contributed by atoms with van der Waals surface area (Å²) in [7, 11) is 0. The van der Waals surface area contributed by atoms with Crippen LogP contribution < -0.4 is 0 Å². The third-order valence-electron chi connectivity index (χ3n) is 4.54. The van der Waals surface area contributed by atoms with Crippen LogP contribution in [0.4, 0.5) is 0 Å². The Morgan fingerprint density at radius 1 is 0.609 bits per heavy atom. The van der Waals surface area contributed by atoms with E-state index in [1.54, 1.807) is 0 Å². The highest BCUT2D eigenvalue weighted by Gasteiger charge is 2.14. The average molecular weight is 309 g/mol. The van der Waals surface area contributed by atoms with Crippen LogP contribution in [-0.2, 0) is 23.7 Å². The Balaban J connectivity index is 1.93. The van der Waals surface area contributed by atoms with Crippen molar-refractivity contribution in [2.24, 2.45) is 0 Å². The van der Waals surface area contributed by atoms with Crippen LogP contribution in [-0.4, -0.2) is 0 Å². The lowest BCUT2D eigenvalue weighted by Gasteiger charge is -2.20. The van der Waals surface area contributed by atoms with E-state index in [4.69, 9.17) is 0 Å². The van der Waals surface area contributed by atoms with Gasteiger partial charge in [-0.25, -0.2) is 0 Å². The van der Waals surface area contributed by atoms with Gasteiger partial charge in [0.2, 0.25) is 0 Å². The third-order valence-corrected chi connectivity index (χ3v) is 4.54. The normalized spacial score (nSPS) is 12.4. The fraction of sp³-hybridized carbons (Fsp3) is 0.478. The van der Waals surface area contributed by atoms with Gasteiger partial charge in [-0.15, -0.1) is 0 Å². The zero-order chi connectivity index (χ0) is 17.1. The van der Waals surface area contributed by atoms with E-state index < -0.39 is 0 Å². The van der Waals surface area contributed by atoms with Crippen LogP contribution in [0.3, 0.4) is 0 Å². The molecule has 0 heterocycles. The smallest absolute Gasteiger partial charge is 0.0132 e. The number of aryl methyl sites for hydroxylation is 2. The van der Waals surface area contributed by atoms with E-state index in [1.807, 2.05) is 0 Å². The van der Waals surface area contributed by atoms with E-state index in [0.717, 1.165) is 12.8 Å². The molecular formula is C23H32. The van der Waals surface area contributed by atoms with Crippen molar-refractivity contribution in [3.8, 4) is 0 Å². The first-order valence-corrected chi connectivity index (χ1v) is 8.85. The quantitative estimate of drug-likeness (QED) is 0.608. The first kappa shape index (κ1) is 17.8. The van der Waals surface area contributed by atoms with Gasteiger partial charge in [0.15, 0.2) is 0 Å². The molecule has 0 amide bonds. The molecule has 124 valence electrons. The van der Waals surface area contributed by atoms with Crippen molar-refractivity contribution in [1.82, 2.24) is 0 Å². The van der Waals surface area contributed by atoms with E-state index in [9.17, 15) is 0 Å². The molecule has 0 aromatic heterocycles. The molecule has 0 heteroatoms. The van der Waals surface area contributed by atoms with Crippen LogP contribution >= 0.6 is 0 Å². The van der Waals surface area contributed by atoms with Gasteiger partial charge < -0.3 is 0 Å². The molecule has 2 aromatic rings. The molecule has 0 radical (unpaired) electrons. The fourth-order valence-electron chi connectivity index (χ4n) is 2.86. The van der Waals surface area contributed by atoms with E-state index >= 15 is 0 Å². The van der Waals surface area contributed by atoms with Crippen LogP contribution in [0.1, 0.15) is 70.2 Å². The maximum Gasteiger partial charge on any atom is -0.0132 e. The molecule has 2 aromatic carbocycles. The first-order chi connectivity index (χ1) is 10.7. The molecule has 0 nitrogen and oxygen atoms in total. The van der Waals surface area contributed by atoms with Gasteiger partial charge in [0.1, 0.15) is 0 Å². The molecule has 0 aliphatic carbocycles. The van der Waals surface area contributed by atoms with Crippen molar-refractivity contribution >= 4 is 0 Å². The first-order valence-electron chi connectivity index (χ1n) is 8.85. The van der Waals surface area contributed by atoms with Gasteiger partial charge in [0.25, 0.3) is 0 Å². The molecule has 23 heavy (non-hydrogen) atoms. The molecule has 0 atom stereocenters. The van der Waals surface area contributed by atoms with E-state index in [1.165, 1.54) is 28.7 Å². The van der Waals surface area contributed by atoms with Gasteiger partial charge >= 0.3 is 0 Å². The van der Waals surface area contributed by atoms with Gasteiger partial charge in [0.05, 0.1) is 0 Å². The summed E-state index contributed by atoms with van der Waals surface area (Å²) in [5.41, 5.74) is 6.24. The van der Waals surface area contributed by atoms with Gasteiger partial charge in [0, 0.05) is 0 Å². The number of hydrogen-bond donors (Lipinski definition) is 0. The predicted molar refractivity (Wildman–Crippen MR) is 102 cm³/mol. The third kappa shape index (κ3) is 5.23. The van der Waals surface area contributed by atoms with Crippen molar-refractivity contribution in [1.29, 1.82) is 0 Å². The van der Waals surface area contributed by atoms with Gasteiger partial charge in [-0.05, 0) is 52.3 Å². The van der Waals surface area contributed by atoms with E-state index in [-0.39, 0.29) is 10.8 Å². The minimum Gasteiger partial charge on any atom is -0.0617 e. The van der Waals surface area contributed by atoms with Crippen LogP contribution in [0.5, 0.6) is 0 Å². The molecule has 0 saturated heterocycles. The lowest BCUT2D eigenvalue weighted by atomic mass is 9.85. The van der Waals surface area contributed by atoms with Crippen LogP contribution in [0.2, 0.25) is 0 Å². The number of benzene rings is 2. The Labute approximate surface area is 143 Å². The Morgan fingerprint density at radius 2 is 1.17 bits per heavy atom. The molecule has 0 N–H and O–H groups in total. The standard InChI is InChI=1S/C23H32/c1-22(2,3)20-15-13-18(14-16-20)9-7-10-19-11-8-12-21(17-19)23(4,5)6/h8,11-17H,7,9-10H2,1-6H3. The molecule has 0 aliphatic rings. The minimum atomic E-state index is 0.235. The Morgan fingerprint density at radius 3 is 1.74 bits per heavy atom. The Hall–Kier alpha value is -1.56. The minimum absolute atomic E-state index is 0.235. The second-order valence-electron chi connectivity index (χ2n) is 8.75. The summed E-state index contributed by atoms with van der Waals surface area (Å²) in [6.07, 6.45) is 3.53.